The quantitative estimate of drug-likeness (QED) is 0.765. The Morgan fingerprint density at radius 2 is 2.22 bits per heavy atom. The lowest BCUT2D eigenvalue weighted by Crippen LogP contribution is -2.37. The molecule has 2 aliphatic carbocycles. The van der Waals surface area contributed by atoms with Gasteiger partial charge in [-0.25, -0.2) is 0 Å². The van der Waals surface area contributed by atoms with Gasteiger partial charge in [-0.15, -0.1) is 0 Å². The van der Waals surface area contributed by atoms with E-state index in [1.165, 1.54) is 0 Å². The molecule has 1 N–H and O–H groups in total. The van der Waals surface area contributed by atoms with Crippen molar-refractivity contribution in [3.05, 3.63) is 34.3 Å². The third kappa shape index (κ3) is 1.31. The average molecular weight is 246 g/mol. The molecule has 0 fully saturated rings. The number of hydrogen-bond acceptors (Lipinski definition) is 3. The summed E-state index contributed by atoms with van der Waals surface area (Å²) < 4.78 is 5.38. The second kappa shape index (κ2) is 3.58. The van der Waals surface area contributed by atoms with E-state index < -0.39 is 5.60 Å². The van der Waals surface area contributed by atoms with Gasteiger partial charge >= 0.3 is 0 Å². The van der Waals surface area contributed by atoms with Crippen molar-refractivity contribution >= 4 is 5.78 Å². The molecule has 18 heavy (non-hydrogen) atoms. The van der Waals surface area contributed by atoms with Crippen LogP contribution in [0.1, 0.15) is 54.8 Å². The number of hydrogen-bond donors (Lipinski definition) is 1. The van der Waals surface area contributed by atoms with Crippen LogP contribution in [0.15, 0.2) is 21.8 Å². The van der Waals surface area contributed by atoms with Crippen LogP contribution in [0.4, 0.5) is 0 Å². The third-order valence-corrected chi connectivity index (χ3v) is 4.35. The number of fused-ring (bicyclic) bond motifs is 1. The van der Waals surface area contributed by atoms with E-state index in [1.807, 2.05) is 6.92 Å². The summed E-state index contributed by atoms with van der Waals surface area (Å²) in [5, 5.41) is 10.9. The monoisotopic (exact) mass is 246 g/mol. The van der Waals surface area contributed by atoms with E-state index in [0.29, 0.717) is 11.3 Å². The van der Waals surface area contributed by atoms with Crippen LogP contribution in [0, 0.1) is 12.8 Å². The minimum absolute atomic E-state index is 0.0221. The highest BCUT2D eigenvalue weighted by molar-refractivity contribution is 6.10. The summed E-state index contributed by atoms with van der Waals surface area (Å²) in [7, 11) is 0. The lowest BCUT2D eigenvalue weighted by atomic mass is 9.68. The van der Waals surface area contributed by atoms with Crippen LogP contribution in [-0.2, 0) is 5.60 Å². The van der Waals surface area contributed by atoms with Gasteiger partial charge in [-0.2, -0.15) is 0 Å². The number of Topliss-reactive ketones (excluding diaryl/α,β-unsaturated/α-hetero) is 1. The van der Waals surface area contributed by atoms with Crippen molar-refractivity contribution in [2.24, 2.45) is 5.92 Å². The van der Waals surface area contributed by atoms with Gasteiger partial charge < -0.3 is 9.52 Å². The lowest BCUT2D eigenvalue weighted by molar-refractivity contribution is 0.0684. The second-order valence-corrected chi connectivity index (χ2v) is 5.71. The molecule has 0 unspecified atom stereocenters. The van der Waals surface area contributed by atoms with Crippen molar-refractivity contribution in [3.63, 3.8) is 0 Å². The molecule has 0 bridgehead atoms. The molecule has 2 atom stereocenters. The highest BCUT2D eigenvalue weighted by Gasteiger charge is 2.46. The Hall–Kier alpha value is -1.35. The largest absolute Gasteiger partial charge is 0.460 e. The molecule has 2 aliphatic rings. The summed E-state index contributed by atoms with van der Waals surface area (Å²) in [5.74, 6) is 0.576. The summed E-state index contributed by atoms with van der Waals surface area (Å²) >= 11 is 0. The number of allylic oxidation sites excluding steroid dienone is 1. The van der Waals surface area contributed by atoms with Crippen LogP contribution in [0.25, 0.3) is 0 Å². The van der Waals surface area contributed by atoms with Crippen molar-refractivity contribution < 1.29 is 14.3 Å². The number of rotatable bonds is 0. The molecule has 0 saturated carbocycles. The molecule has 3 heteroatoms. The maximum Gasteiger partial charge on any atom is 0.224 e. The van der Waals surface area contributed by atoms with Gasteiger partial charge in [0.1, 0.15) is 5.60 Å². The Labute approximate surface area is 106 Å². The van der Waals surface area contributed by atoms with Crippen LogP contribution >= 0.6 is 0 Å². The first-order valence-electron chi connectivity index (χ1n) is 6.53. The average Bonchev–Trinajstić information content (AvgIpc) is 2.69. The van der Waals surface area contributed by atoms with Crippen LogP contribution in [-0.4, -0.2) is 10.9 Å². The zero-order valence-corrected chi connectivity index (χ0v) is 11.0. The van der Waals surface area contributed by atoms with Crippen LogP contribution < -0.4 is 0 Å². The molecule has 3 rings (SSSR count). The molecule has 0 aromatic carbocycles. The Kier molecular flexibility index (Phi) is 2.33. The number of carbonyl (C=O) groups is 1. The van der Waals surface area contributed by atoms with Gasteiger partial charge in [0.05, 0.1) is 6.26 Å². The maximum atomic E-state index is 12.4. The Bertz CT molecular complexity index is 560. The highest BCUT2D eigenvalue weighted by Crippen LogP contribution is 2.48. The Balaban J connectivity index is 2.29. The van der Waals surface area contributed by atoms with Gasteiger partial charge in [0.15, 0.2) is 5.76 Å². The lowest BCUT2D eigenvalue weighted by Gasteiger charge is -2.39. The van der Waals surface area contributed by atoms with E-state index in [-0.39, 0.29) is 11.7 Å². The van der Waals surface area contributed by atoms with Crippen LogP contribution in [0.2, 0.25) is 0 Å². The molecule has 0 saturated heterocycles. The molecule has 96 valence electrons. The van der Waals surface area contributed by atoms with Gasteiger partial charge in [0, 0.05) is 11.1 Å². The minimum atomic E-state index is -1.06. The summed E-state index contributed by atoms with van der Waals surface area (Å²) in [6.45, 7) is 5.76. The van der Waals surface area contributed by atoms with E-state index in [1.54, 1.807) is 13.2 Å². The van der Waals surface area contributed by atoms with E-state index in [9.17, 15) is 9.90 Å². The summed E-state index contributed by atoms with van der Waals surface area (Å²) in [6, 6.07) is 0. The topological polar surface area (TPSA) is 50.4 Å². The molecule has 0 amide bonds. The second-order valence-electron chi connectivity index (χ2n) is 5.71. The predicted molar refractivity (Wildman–Crippen MR) is 67.4 cm³/mol. The maximum absolute atomic E-state index is 12.4. The Morgan fingerprint density at radius 3 is 2.94 bits per heavy atom. The number of carbonyl (C=O) groups excluding carboxylic acids is 1. The fourth-order valence-corrected chi connectivity index (χ4v) is 3.66. The summed E-state index contributed by atoms with van der Waals surface area (Å²) in [4.78, 5) is 12.4. The smallest absolute Gasteiger partial charge is 0.224 e. The minimum Gasteiger partial charge on any atom is -0.460 e. The fraction of sp³-hybridized carbons (Fsp3) is 0.533. The van der Waals surface area contributed by atoms with Crippen molar-refractivity contribution in [1.82, 2.24) is 0 Å². The first-order valence-corrected chi connectivity index (χ1v) is 6.53. The van der Waals surface area contributed by atoms with Crippen molar-refractivity contribution in [2.75, 3.05) is 0 Å². The Morgan fingerprint density at radius 1 is 1.50 bits per heavy atom. The number of furan rings is 1. The molecule has 0 radical (unpaired) electrons. The van der Waals surface area contributed by atoms with Gasteiger partial charge in [-0.3, -0.25) is 4.79 Å². The van der Waals surface area contributed by atoms with Gasteiger partial charge in [-0.05, 0) is 50.2 Å². The first kappa shape index (κ1) is 11.7. The van der Waals surface area contributed by atoms with E-state index in [2.05, 4.69) is 6.92 Å². The van der Waals surface area contributed by atoms with Crippen LogP contribution in [0.5, 0.6) is 0 Å². The van der Waals surface area contributed by atoms with E-state index in [0.717, 1.165) is 36.0 Å². The fourth-order valence-electron chi connectivity index (χ4n) is 3.66. The standard InChI is InChI=1S/C15H18O3/c1-8-5-4-6-10-11(8)15(3,17)12-9(2)7-18-14(12)13(10)16/h7-8,17H,4-6H2,1-3H3/t8-,15+/m0/s1. The van der Waals surface area contributed by atoms with Gasteiger partial charge in [0.25, 0.3) is 0 Å². The summed E-state index contributed by atoms with van der Waals surface area (Å²) in [6.07, 6.45) is 4.37. The van der Waals surface area contributed by atoms with Gasteiger partial charge in [0.2, 0.25) is 5.78 Å². The van der Waals surface area contributed by atoms with Crippen molar-refractivity contribution in [3.8, 4) is 0 Å². The molecule has 3 nitrogen and oxygen atoms in total. The molecule has 1 heterocycles. The zero-order valence-electron chi connectivity index (χ0n) is 11.0. The molecule has 0 aliphatic heterocycles. The van der Waals surface area contributed by atoms with Crippen molar-refractivity contribution in [1.29, 1.82) is 0 Å². The SMILES string of the molecule is Cc1coc2c1[C@](C)(O)C1=C(CCC[C@@H]1C)C2=O. The van der Waals surface area contributed by atoms with E-state index in [4.69, 9.17) is 4.42 Å². The number of aryl methyl sites for hydroxylation is 1. The highest BCUT2D eigenvalue weighted by atomic mass is 16.3. The normalized spacial score (nSPS) is 31.3. The molecule has 1 aromatic rings. The van der Waals surface area contributed by atoms with Crippen LogP contribution in [0.3, 0.4) is 0 Å². The summed E-state index contributed by atoms with van der Waals surface area (Å²) in [5.41, 5.74) is 2.15. The first-order chi connectivity index (χ1) is 8.44. The molecule has 0 spiro atoms. The molecular formula is C15H18O3. The zero-order chi connectivity index (χ0) is 13.1. The molecule has 1 aromatic heterocycles. The van der Waals surface area contributed by atoms with E-state index >= 15 is 0 Å². The van der Waals surface area contributed by atoms with Crippen molar-refractivity contribution in [2.45, 2.75) is 45.6 Å². The van der Waals surface area contributed by atoms with Gasteiger partial charge in [-0.1, -0.05) is 6.92 Å². The molecular weight excluding hydrogens is 228 g/mol. The third-order valence-electron chi connectivity index (χ3n) is 4.35. The number of aliphatic hydroxyl groups is 1. The number of ketones is 1. The predicted octanol–water partition coefficient (Wildman–Crippen LogP) is 3.11.